The van der Waals surface area contributed by atoms with Gasteiger partial charge in [-0.15, -0.1) is 0 Å². The smallest absolute Gasteiger partial charge is 0.317 e. The molecule has 2 rings (SSSR count). The van der Waals surface area contributed by atoms with Crippen LogP contribution in [0.5, 0.6) is 0 Å². The molecule has 7 nitrogen and oxygen atoms in total. The van der Waals surface area contributed by atoms with Crippen molar-refractivity contribution in [3.8, 4) is 0 Å². The lowest BCUT2D eigenvalue weighted by Crippen LogP contribution is -2.41. The van der Waals surface area contributed by atoms with Gasteiger partial charge in [-0.2, -0.15) is 0 Å². The van der Waals surface area contributed by atoms with E-state index < -0.39 is 11.4 Å². The number of carboxylic acid groups (broad SMARTS) is 1. The second kappa shape index (κ2) is 5.94. The summed E-state index contributed by atoms with van der Waals surface area (Å²) in [5.74, 6) is 0.0597. The van der Waals surface area contributed by atoms with Crippen LogP contribution in [0.1, 0.15) is 25.6 Å². The maximum Gasteiger partial charge on any atom is 0.317 e. The van der Waals surface area contributed by atoms with Gasteiger partial charge < -0.3 is 20.3 Å². The Bertz CT molecular complexity index is 474. The normalized spacial score (nSPS) is 21.9. The highest BCUT2D eigenvalue weighted by Gasteiger charge is 2.42. The summed E-state index contributed by atoms with van der Waals surface area (Å²) >= 11 is 0. The zero-order valence-corrected chi connectivity index (χ0v) is 11.6. The number of hydrogen-bond donors (Lipinski definition) is 3. The number of aromatic amines is 1. The molecular formula is C13H20N4O3. The number of nitrogens with zero attached hydrogens (tertiary/aromatic N) is 2. The van der Waals surface area contributed by atoms with Gasteiger partial charge in [-0.1, -0.05) is 0 Å². The number of carbonyl (C=O) groups is 2. The lowest BCUT2D eigenvalue weighted by Gasteiger charge is -2.20. The summed E-state index contributed by atoms with van der Waals surface area (Å²) in [6, 6.07) is -0.186. The van der Waals surface area contributed by atoms with Gasteiger partial charge in [-0.25, -0.2) is 9.78 Å². The Morgan fingerprint density at radius 2 is 2.40 bits per heavy atom. The van der Waals surface area contributed by atoms with Crippen LogP contribution < -0.4 is 5.32 Å². The Balaban J connectivity index is 1.69. The lowest BCUT2D eigenvalue weighted by atomic mass is 9.90. The molecule has 1 aromatic rings. The van der Waals surface area contributed by atoms with Gasteiger partial charge in [-0.05, 0) is 19.8 Å². The number of carbonyl (C=O) groups excluding carboxylic acids is 1. The fourth-order valence-electron chi connectivity index (χ4n) is 2.31. The van der Waals surface area contributed by atoms with Crippen LogP contribution in [0, 0.1) is 5.41 Å². The van der Waals surface area contributed by atoms with E-state index in [9.17, 15) is 9.59 Å². The summed E-state index contributed by atoms with van der Waals surface area (Å²) < 4.78 is 0. The molecule has 110 valence electrons. The van der Waals surface area contributed by atoms with E-state index in [0.717, 1.165) is 18.7 Å². The SMILES string of the molecule is CC1(C(=O)O)CCN(C(=O)NCCCc2ncc[nH]2)C1. The van der Waals surface area contributed by atoms with E-state index in [2.05, 4.69) is 15.3 Å². The third kappa shape index (κ3) is 3.28. The van der Waals surface area contributed by atoms with Crippen molar-refractivity contribution in [2.75, 3.05) is 19.6 Å². The highest BCUT2D eigenvalue weighted by Crippen LogP contribution is 2.29. The van der Waals surface area contributed by atoms with Gasteiger partial charge >= 0.3 is 12.0 Å². The summed E-state index contributed by atoms with van der Waals surface area (Å²) in [5, 5.41) is 11.9. The van der Waals surface area contributed by atoms with Crippen LogP contribution in [-0.2, 0) is 11.2 Å². The minimum absolute atomic E-state index is 0.186. The summed E-state index contributed by atoms with van der Waals surface area (Å²) in [7, 11) is 0. The average Bonchev–Trinajstić information content (AvgIpc) is 3.04. The number of carboxylic acids is 1. The Morgan fingerprint density at radius 1 is 1.60 bits per heavy atom. The molecule has 3 N–H and O–H groups in total. The van der Waals surface area contributed by atoms with E-state index >= 15 is 0 Å². The first-order chi connectivity index (χ1) is 9.51. The average molecular weight is 280 g/mol. The second-order valence-electron chi connectivity index (χ2n) is 5.41. The number of urea groups is 1. The van der Waals surface area contributed by atoms with Crippen molar-refractivity contribution >= 4 is 12.0 Å². The largest absolute Gasteiger partial charge is 0.481 e. The number of nitrogens with one attached hydrogen (secondary N) is 2. The third-order valence-corrected chi connectivity index (χ3v) is 3.70. The number of imidazole rings is 1. The van der Waals surface area contributed by atoms with Gasteiger partial charge in [-0.3, -0.25) is 4.79 Å². The molecule has 1 aliphatic heterocycles. The number of hydrogen-bond acceptors (Lipinski definition) is 3. The monoisotopic (exact) mass is 280 g/mol. The quantitative estimate of drug-likeness (QED) is 0.696. The van der Waals surface area contributed by atoms with E-state index in [1.807, 2.05) is 0 Å². The summed E-state index contributed by atoms with van der Waals surface area (Å²) in [6.45, 7) is 3.00. The lowest BCUT2D eigenvalue weighted by molar-refractivity contribution is -0.146. The second-order valence-corrected chi connectivity index (χ2v) is 5.41. The molecule has 0 bridgehead atoms. The molecule has 20 heavy (non-hydrogen) atoms. The molecule has 1 aromatic heterocycles. The highest BCUT2D eigenvalue weighted by molar-refractivity contribution is 5.79. The number of H-pyrrole nitrogens is 1. The van der Waals surface area contributed by atoms with Crippen molar-refractivity contribution in [1.29, 1.82) is 0 Å². The predicted molar refractivity (Wildman–Crippen MR) is 72.2 cm³/mol. The molecule has 2 heterocycles. The maximum atomic E-state index is 11.9. The molecule has 1 aliphatic rings. The van der Waals surface area contributed by atoms with Crippen molar-refractivity contribution in [2.24, 2.45) is 5.41 Å². The number of aryl methyl sites for hydroxylation is 1. The zero-order chi connectivity index (χ0) is 14.6. The molecule has 1 saturated heterocycles. The fraction of sp³-hybridized carbons (Fsp3) is 0.615. The van der Waals surface area contributed by atoms with Gasteiger partial charge in [0.05, 0.1) is 5.41 Å². The van der Waals surface area contributed by atoms with Crippen LogP contribution in [-0.4, -0.2) is 51.6 Å². The third-order valence-electron chi connectivity index (χ3n) is 3.70. The van der Waals surface area contributed by atoms with E-state index in [-0.39, 0.29) is 12.6 Å². The van der Waals surface area contributed by atoms with Gasteiger partial charge in [0.2, 0.25) is 0 Å². The molecule has 0 aromatic carbocycles. The molecule has 0 radical (unpaired) electrons. The molecule has 2 amide bonds. The fourth-order valence-corrected chi connectivity index (χ4v) is 2.31. The number of likely N-dealkylation sites (tertiary alicyclic amines) is 1. The summed E-state index contributed by atoms with van der Waals surface area (Å²) in [6.07, 6.45) is 5.54. The molecular weight excluding hydrogens is 260 g/mol. The Kier molecular flexibility index (Phi) is 4.26. The van der Waals surface area contributed by atoms with Crippen LogP contribution in [0.3, 0.4) is 0 Å². The van der Waals surface area contributed by atoms with Crippen LogP contribution in [0.2, 0.25) is 0 Å². The minimum Gasteiger partial charge on any atom is -0.481 e. The molecule has 1 atom stereocenters. The highest BCUT2D eigenvalue weighted by atomic mass is 16.4. The number of amides is 2. The molecule has 1 fully saturated rings. The maximum absolute atomic E-state index is 11.9. The minimum atomic E-state index is -0.842. The van der Waals surface area contributed by atoms with Crippen molar-refractivity contribution < 1.29 is 14.7 Å². The van der Waals surface area contributed by atoms with Crippen LogP contribution in [0.15, 0.2) is 12.4 Å². The van der Waals surface area contributed by atoms with Crippen LogP contribution in [0.4, 0.5) is 4.79 Å². The van der Waals surface area contributed by atoms with Crippen molar-refractivity contribution in [3.05, 3.63) is 18.2 Å². The van der Waals surface area contributed by atoms with E-state index in [4.69, 9.17) is 5.11 Å². The van der Waals surface area contributed by atoms with Crippen LogP contribution in [0.25, 0.3) is 0 Å². The Hall–Kier alpha value is -2.05. The van der Waals surface area contributed by atoms with Crippen molar-refractivity contribution in [3.63, 3.8) is 0 Å². The zero-order valence-electron chi connectivity index (χ0n) is 11.6. The summed E-state index contributed by atoms with van der Waals surface area (Å²) in [5.41, 5.74) is -0.814. The van der Waals surface area contributed by atoms with Gasteiger partial charge in [0, 0.05) is 38.4 Å². The summed E-state index contributed by atoms with van der Waals surface area (Å²) in [4.78, 5) is 31.7. The number of rotatable bonds is 5. The Labute approximate surface area is 117 Å². The predicted octanol–water partition coefficient (Wildman–Crippen LogP) is 0.848. The van der Waals surface area contributed by atoms with Gasteiger partial charge in [0.25, 0.3) is 0 Å². The molecule has 7 heteroatoms. The van der Waals surface area contributed by atoms with Crippen molar-refractivity contribution in [1.82, 2.24) is 20.2 Å². The molecule has 0 spiro atoms. The van der Waals surface area contributed by atoms with Gasteiger partial charge in [0.1, 0.15) is 5.82 Å². The topological polar surface area (TPSA) is 98.3 Å². The molecule has 0 aliphatic carbocycles. The molecule has 0 saturated carbocycles. The van der Waals surface area contributed by atoms with E-state index in [0.29, 0.717) is 19.5 Å². The Morgan fingerprint density at radius 3 is 3.00 bits per heavy atom. The van der Waals surface area contributed by atoms with E-state index in [1.165, 1.54) is 0 Å². The number of aliphatic carboxylic acids is 1. The molecule has 1 unspecified atom stereocenters. The number of aromatic nitrogens is 2. The van der Waals surface area contributed by atoms with Gasteiger partial charge in [0.15, 0.2) is 0 Å². The van der Waals surface area contributed by atoms with Crippen LogP contribution >= 0.6 is 0 Å². The standard InChI is InChI=1S/C13H20N4O3/c1-13(11(18)19)4-8-17(9-13)12(20)16-5-2-3-10-14-6-7-15-10/h6-7H,2-5,8-9H2,1H3,(H,14,15)(H,16,20)(H,18,19). The van der Waals surface area contributed by atoms with E-state index in [1.54, 1.807) is 24.2 Å². The van der Waals surface area contributed by atoms with Crippen molar-refractivity contribution in [2.45, 2.75) is 26.2 Å². The first-order valence-electron chi connectivity index (χ1n) is 6.76. The first-order valence-corrected chi connectivity index (χ1v) is 6.76. The first kappa shape index (κ1) is 14.4.